The van der Waals surface area contributed by atoms with Gasteiger partial charge >= 0.3 is 0 Å². The molecule has 1 aromatic carbocycles. The molecule has 0 N–H and O–H groups in total. The number of nitrogens with zero attached hydrogens (tertiary/aromatic N) is 3. The first-order chi connectivity index (χ1) is 8.88. The first kappa shape index (κ1) is 13.5. The molecule has 3 nitrogen and oxygen atoms in total. The van der Waals surface area contributed by atoms with E-state index in [-0.39, 0.29) is 6.17 Å². The summed E-state index contributed by atoms with van der Waals surface area (Å²) in [5.41, 5.74) is 6.47. The lowest BCUT2D eigenvalue weighted by atomic mass is 9.97. The zero-order valence-corrected chi connectivity index (χ0v) is 12.6. The van der Waals surface area contributed by atoms with Crippen molar-refractivity contribution in [1.29, 1.82) is 0 Å². The van der Waals surface area contributed by atoms with Crippen molar-refractivity contribution in [2.24, 2.45) is 0 Å². The lowest BCUT2D eigenvalue weighted by Gasteiger charge is -2.29. The minimum atomic E-state index is 0.184. The van der Waals surface area contributed by atoms with Gasteiger partial charge in [-0.2, -0.15) is 0 Å². The molecule has 3 heteroatoms. The smallest absolute Gasteiger partial charge is 0.243 e. The second-order valence-electron chi connectivity index (χ2n) is 5.36. The van der Waals surface area contributed by atoms with Crippen molar-refractivity contribution >= 4 is 5.69 Å². The summed E-state index contributed by atoms with van der Waals surface area (Å²) in [6, 6.07) is 2.23. The standard InChI is InChI=1S/C16H21N3/c1-10-8-11(2)16(13(4)12(10)3)19-9-15(17-6)18(7)14(19)5/h8-9,14H,1-5,7H3/t14-/m0/s1. The Morgan fingerprint density at radius 1 is 1.11 bits per heavy atom. The van der Waals surface area contributed by atoms with Crippen LogP contribution < -0.4 is 4.90 Å². The van der Waals surface area contributed by atoms with Crippen LogP contribution in [-0.4, -0.2) is 18.1 Å². The molecule has 0 saturated heterocycles. The van der Waals surface area contributed by atoms with Crippen molar-refractivity contribution in [2.75, 3.05) is 11.9 Å². The Balaban J connectivity index is 2.59. The van der Waals surface area contributed by atoms with Gasteiger partial charge in [0.25, 0.3) is 0 Å². The van der Waals surface area contributed by atoms with Gasteiger partial charge in [0.1, 0.15) is 0 Å². The largest absolute Gasteiger partial charge is 0.363 e. The van der Waals surface area contributed by atoms with Crippen LogP contribution in [0.5, 0.6) is 0 Å². The number of benzene rings is 1. The normalized spacial score (nSPS) is 18.6. The van der Waals surface area contributed by atoms with Gasteiger partial charge in [-0.05, 0) is 56.9 Å². The zero-order valence-electron chi connectivity index (χ0n) is 12.6. The number of aryl methyl sites for hydroxylation is 2. The van der Waals surface area contributed by atoms with Crippen molar-refractivity contribution < 1.29 is 0 Å². The van der Waals surface area contributed by atoms with Gasteiger partial charge in [0.15, 0.2) is 6.17 Å². The molecule has 0 fully saturated rings. The lowest BCUT2D eigenvalue weighted by Crippen LogP contribution is -2.35. The minimum Gasteiger partial charge on any atom is -0.363 e. The third kappa shape index (κ3) is 1.98. The van der Waals surface area contributed by atoms with E-state index in [9.17, 15) is 0 Å². The molecule has 0 unspecified atom stereocenters. The molecule has 0 aromatic heterocycles. The molecule has 1 aromatic rings. The summed E-state index contributed by atoms with van der Waals surface area (Å²) in [5.74, 6) is 0.699. The van der Waals surface area contributed by atoms with E-state index in [2.05, 4.69) is 50.4 Å². The minimum absolute atomic E-state index is 0.184. The average molecular weight is 255 g/mol. The monoisotopic (exact) mass is 255 g/mol. The second kappa shape index (κ2) is 4.62. The Kier molecular flexibility index (Phi) is 3.28. The van der Waals surface area contributed by atoms with Crippen molar-refractivity contribution in [3.8, 4) is 0 Å². The van der Waals surface area contributed by atoms with Gasteiger partial charge in [0.2, 0.25) is 5.82 Å². The SMILES string of the molecule is [C-]#[N+]C1=CN(c2c(C)cc(C)c(C)c2C)[C@@H](C)N1C. The highest BCUT2D eigenvalue weighted by atomic mass is 15.4. The Labute approximate surface area is 116 Å². The topological polar surface area (TPSA) is 10.8 Å². The fraction of sp³-hybridized carbons (Fsp3) is 0.438. The Morgan fingerprint density at radius 2 is 1.74 bits per heavy atom. The van der Waals surface area contributed by atoms with Gasteiger partial charge in [-0.15, -0.1) is 0 Å². The molecular formula is C16H21N3. The summed E-state index contributed by atoms with van der Waals surface area (Å²) in [6.45, 7) is 18.0. The highest BCUT2D eigenvalue weighted by molar-refractivity contribution is 5.66. The van der Waals surface area contributed by atoms with Crippen molar-refractivity contribution in [3.05, 3.63) is 51.8 Å². The molecular weight excluding hydrogens is 234 g/mol. The van der Waals surface area contributed by atoms with Crippen LogP contribution in [0.4, 0.5) is 5.69 Å². The molecule has 0 radical (unpaired) electrons. The fourth-order valence-electron chi connectivity index (χ4n) is 2.73. The maximum absolute atomic E-state index is 7.24. The van der Waals surface area contributed by atoms with E-state index in [1.54, 1.807) is 0 Å². The molecule has 0 bridgehead atoms. The third-order valence-corrected chi connectivity index (χ3v) is 4.27. The van der Waals surface area contributed by atoms with E-state index in [0.717, 1.165) is 0 Å². The van der Waals surface area contributed by atoms with Crippen LogP contribution in [0.1, 0.15) is 29.2 Å². The van der Waals surface area contributed by atoms with E-state index in [4.69, 9.17) is 6.57 Å². The summed E-state index contributed by atoms with van der Waals surface area (Å²) >= 11 is 0. The maximum atomic E-state index is 7.24. The second-order valence-corrected chi connectivity index (χ2v) is 5.36. The molecule has 1 atom stereocenters. The molecule has 0 spiro atoms. The van der Waals surface area contributed by atoms with Gasteiger partial charge in [0, 0.05) is 11.9 Å². The molecule has 1 heterocycles. The molecule has 0 aliphatic carbocycles. The van der Waals surface area contributed by atoms with Crippen molar-refractivity contribution in [3.63, 3.8) is 0 Å². The molecule has 1 aliphatic heterocycles. The summed E-state index contributed by atoms with van der Waals surface area (Å²) < 4.78 is 0. The van der Waals surface area contributed by atoms with Crippen LogP contribution in [0.25, 0.3) is 4.85 Å². The fourth-order valence-corrected chi connectivity index (χ4v) is 2.73. The van der Waals surface area contributed by atoms with Crippen LogP contribution in [0.15, 0.2) is 18.1 Å². The predicted octanol–water partition coefficient (Wildman–Crippen LogP) is 3.74. The van der Waals surface area contributed by atoms with E-state index in [0.29, 0.717) is 5.82 Å². The van der Waals surface area contributed by atoms with E-state index >= 15 is 0 Å². The summed E-state index contributed by atoms with van der Waals surface area (Å²) in [6.07, 6.45) is 2.14. The molecule has 0 amide bonds. The van der Waals surface area contributed by atoms with Crippen LogP contribution in [0, 0.1) is 34.3 Å². The van der Waals surface area contributed by atoms with Gasteiger partial charge in [-0.1, -0.05) is 12.6 Å². The van der Waals surface area contributed by atoms with Gasteiger partial charge in [-0.3, -0.25) is 0 Å². The van der Waals surface area contributed by atoms with Crippen molar-refractivity contribution in [2.45, 2.75) is 40.8 Å². The van der Waals surface area contributed by atoms with Crippen molar-refractivity contribution in [1.82, 2.24) is 4.90 Å². The molecule has 2 rings (SSSR count). The van der Waals surface area contributed by atoms with Crippen LogP contribution in [-0.2, 0) is 0 Å². The molecule has 19 heavy (non-hydrogen) atoms. The summed E-state index contributed by atoms with van der Waals surface area (Å²) in [7, 11) is 1.97. The first-order valence-electron chi connectivity index (χ1n) is 6.56. The lowest BCUT2D eigenvalue weighted by molar-refractivity contribution is 0.364. The molecule has 0 saturated carbocycles. The summed E-state index contributed by atoms with van der Waals surface area (Å²) in [5, 5.41) is 0. The van der Waals surface area contributed by atoms with E-state index in [1.807, 2.05) is 18.1 Å². The zero-order chi connectivity index (χ0) is 14.3. The van der Waals surface area contributed by atoms with Gasteiger partial charge < -0.3 is 14.6 Å². The predicted molar refractivity (Wildman–Crippen MR) is 79.8 cm³/mol. The Morgan fingerprint density at radius 3 is 2.26 bits per heavy atom. The van der Waals surface area contributed by atoms with E-state index < -0.39 is 0 Å². The number of anilines is 1. The van der Waals surface area contributed by atoms with Gasteiger partial charge in [-0.25, -0.2) is 0 Å². The highest BCUT2D eigenvalue weighted by Crippen LogP contribution is 2.35. The Bertz CT molecular complexity index is 593. The third-order valence-electron chi connectivity index (χ3n) is 4.27. The van der Waals surface area contributed by atoms with E-state index in [1.165, 1.54) is 27.9 Å². The maximum Gasteiger partial charge on any atom is 0.243 e. The Hall–Kier alpha value is -1.95. The van der Waals surface area contributed by atoms with Crippen LogP contribution in [0.2, 0.25) is 0 Å². The van der Waals surface area contributed by atoms with Gasteiger partial charge in [0.05, 0.1) is 7.05 Å². The quantitative estimate of drug-likeness (QED) is 0.708. The van der Waals surface area contributed by atoms with Crippen LogP contribution in [0.3, 0.4) is 0 Å². The number of rotatable bonds is 1. The average Bonchev–Trinajstić information content (AvgIpc) is 2.64. The first-order valence-corrected chi connectivity index (χ1v) is 6.56. The molecule has 100 valence electrons. The molecule has 1 aliphatic rings. The highest BCUT2D eigenvalue weighted by Gasteiger charge is 2.30. The number of hydrogen-bond acceptors (Lipinski definition) is 2. The summed E-state index contributed by atoms with van der Waals surface area (Å²) in [4.78, 5) is 7.82. The van der Waals surface area contributed by atoms with Crippen LogP contribution >= 0.6 is 0 Å². The number of hydrogen-bond donors (Lipinski definition) is 0.